The van der Waals surface area contributed by atoms with Gasteiger partial charge < -0.3 is 14.8 Å². The molecule has 0 saturated carbocycles. The molecule has 32 heavy (non-hydrogen) atoms. The van der Waals surface area contributed by atoms with Gasteiger partial charge in [0.05, 0.1) is 6.61 Å². The summed E-state index contributed by atoms with van der Waals surface area (Å²) < 4.78 is 10.9. The van der Waals surface area contributed by atoms with Crippen LogP contribution in [0, 0.1) is 0 Å². The Bertz CT molecular complexity index is 1070. The van der Waals surface area contributed by atoms with Gasteiger partial charge in [-0.2, -0.15) is 0 Å². The molecule has 1 heterocycles. The molecule has 0 unspecified atom stereocenters. The smallest absolute Gasteiger partial charge is 0.341 e. The zero-order valence-electron chi connectivity index (χ0n) is 18.9. The summed E-state index contributed by atoms with van der Waals surface area (Å²) in [6.07, 6.45) is 0.891. The monoisotopic (exact) mass is 451 g/mol. The highest BCUT2D eigenvalue weighted by Gasteiger charge is 2.23. The summed E-state index contributed by atoms with van der Waals surface area (Å²) >= 11 is 1.30. The Morgan fingerprint density at radius 2 is 1.81 bits per heavy atom. The number of hydrogen-bond acceptors (Lipinski definition) is 5. The number of anilines is 1. The molecule has 1 N–H and O–H groups in total. The molecule has 168 valence electrons. The Labute approximate surface area is 193 Å². The van der Waals surface area contributed by atoms with E-state index < -0.39 is 5.97 Å². The lowest BCUT2D eigenvalue weighted by Gasteiger charge is -2.11. The van der Waals surface area contributed by atoms with Crippen molar-refractivity contribution in [2.45, 2.75) is 40.0 Å². The van der Waals surface area contributed by atoms with E-state index in [0.717, 1.165) is 23.1 Å². The third kappa shape index (κ3) is 5.77. The minimum Gasteiger partial charge on any atom is -0.484 e. The van der Waals surface area contributed by atoms with Gasteiger partial charge in [0.15, 0.2) is 6.61 Å². The Kier molecular flexibility index (Phi) is 8.06. The number of hydrogen-bond donors (Lipinski definition) is 1. The predicted molar refractivity (Wildman–Crippen MR) is 130 cm³/mol. The van der Waals surface area contributed by atoms with E-state index in [1.54, 1.807) is 6.92 Å². The van der Waals surface area contributed by atoms with Crippen LogP contribution >= 0.6 is 11.3 Å². The molecular formula is C26H29NO4S. The second-order valence-corrected chi connectivity index (χ2v) is 8.57. The molecule has 6 heteroatoms. The molecule has 1 aromatic heterocycles. The average Bonchev–Trinajstić information content (AvgIpc) is 3.21. The highest BCUT2D eigenvalue weighted by Crippen LogP contribution is 2.36. The lowest BCUT2D eigenvalue weighted by atomic mass is 9.98. The van der Waals surface area contributed by atoms with Crippen molar-refractivity contribution in [3.05, 3.63) is 70.6 Å². The quantitative estimate of drug-likeness (QED) is 0.388. The van der Waals surface area contributed by atoms with E-state index in [1.165, 1.54) is 16.9 Å². The second kappa shape index (κ2) is 11.0. The van der Waals surface area contributed by atoms with E-state index in [4.69, 9.17) is 9.47 Å². The molecule has 0 aliphatic carbocycles. The van der Waals surface area contributed by atoms with E-state index in [9.17, 15) is 9.59 Å². The van der Waals surface area contributed by atoms with Crippen molar-refractivity contribution < 1.29 is 19.1 Å². The molecule has 5 nitrogen and oxygen atoms in total. The number of carbonyl (C=O) groups is 2. The summed E-state index contributed by atoms with van der Waals surface area (Å²) in [5.74, 6) is 0.274. The first-order valence-corrected chi connectivity index (χ1v) is 11.7. The van der Waals surface area contributed by atoms with Gasteiger partial charge in [0.2, 0.25) is 0 Å². The number of thiophene rings is 1. The maximum atomic E-state index is 12.7. The van der Waals surface area contributed by atoms with Crippen LogP contribution < -0.4 is 10.1 Å². The molecule has 0 fully saturated rings. The summed E-state index contributed by atoms with van der Waals surface area (Å²) in [6, 6.07) is 15.8. The summed E-state index contributed by atoms with van der Waals surface area (Å²) in [4.78, 5) is 25.3. The van der Waals surface area contributed by atoms with Gasteiger partial charge in [-0.15, -0.1) is 11.3 Å². The number of aryl methyl sites for hydroxylation is 1. The predicted octanol–water partition coefficient (Wildman–Crippen LogP) is 6.30. The molecule has 0 aliphatic heterocycles. The molecule has 0 atom stereocenters. The average molecular weight is 452 g/mol. The highest BCUT2D eigenvalue weighted by atomic mass is 32.1. The SMILES string of the molecule is CCOC(=O)c1c(-c2ccc(C(C)C)cc2)csc1NC(=O)COc1cccc(CC)c1. The van der Waals surface area contributed by atoms with Crippen molar-refractivity contribution in [3.8, 4) is 16.9 Å². The molecule has 0 aliphatic rings. The fourth-order valence-corrected chi connectivity index (χ4v) is 4.26. The summed E-state index contributed by atoms with van der Waals surface area (Å²) in [5, 5.41) is 5.16. The van der Waals surface area contributed by atoms with E-state index in [-0.39, 0.29) is 19.1 Å². The van der Waals surface area contributed by atoms with Crippen LogP contribution in [0.15, 0.2) is 53.9 Å². The zero-order valence-corrected chi connectivity index (χ0v) is 19.8. The lowest BCUT2D eigenvalue weighted by molar-refractivity contribution is -0.118. The maximum Gasteiger partial charge on any atom is 0.341 e. The fourth-order valence-electron chi connectivity index (χ4n) is 3.28. The normalized spacial score (nSPS) is 10.8. The van der Waals surface area contributed by atoms with Gasteiger partial charge in [-0.1, -0.05) is 57.2 Å². The topological polar surface area (TPSA) is 64.6 Å². The van der Waals surface area contributed by atoms with Gasteiger partial charge in [-0.05, 0) is 48.1 Å². The number of amides is 1. The number of rotatable bonds is 9. The van der Waals surface area contributed by atoms with Crippen LogP contribution in [-0.2, 0) is 16.0 Å². The van der Waals surface area contributed by atoms with Gasteiger partial charge >= 0.3 is 5.97 Å². The maximum absolute atomic E-state index is 12.7. The van der Waals surface area contributed by atoms with Crippen molar-refractivity contribution in [2.75, 3.05) is 18.5 Å². The number of benzene rings is 2. The standard InChI is InChI=1S/C26H29NO4S/c1-5-18-8-7-9-21(14-18)31-15-23(28)27-25-24(26(29)30-6-2)22(16-32-25)20-12-10-19(11-13-20)17(3)4/h7-14,16-17H,5-6,15H2,1-4H3,(H,27,28). The van der Waals surface area contributed by atoms with Crippen molar-refractivity contribution in [1.82, 2.24) is 0 Å². The summed E-state index contributed by atoms with van der Waals surface area (Å²) in [6.45, 7) is 8.21. The number of nitrogens with one attached hydrogen (secondary N) is 1. The molecule has 0 bridgehead atoms. The summed E-state index contributed by atoms with van der Waals surface area (Å²) in [5.41, 5.74) is 4.38. The molecule has 1 amide bonds. The van der Waals surface area contributed by atoms with Gasteiger partial charge in [0.1, 0.15) is 16.3 Å². The Morgan fingerprint density at radius 1 is 1.06 bits per heavy atom. The molecule has 0 radical (unpaired) electrons. The van der Waals surface area contributed by atoms with Crippen LogP contribution in [0.3, 0.4) is 0 Å². The van der Waals surface area contributed by atoms with E-state index >= 15 is 0 Å². The molecular weight excluding hydrogens is 422 g/mol. The lowest BCUT2D eigenvalue weighted by Crippen LogP contribution is -2.21. The molecule has 0 spiro atoms. The highest BCUT2D eigenvalue weighted by molar-refractivity contribution is 7.15. The molecule has 3 rings (SSSR count). The zero-order chi connectivity index (χ0) is 23.1. The number of ether oxygens (including phenoxy) is 2. The Hall–Kier alpha value is -3.12. The van der Waals surface area contributed by atoms with Crippen molar-refractivity contribution in [3.63, 3.8) is 0 Å². The fraction of sp³-hybridized carbons (Fsp3) is 0.308. The van der Waals surface area contributed by atoms with Gasteiger partial charge in [0, 0.05) is 10.9 Å². The van der Waals surface area contributed by atoms with E-state index in [0.29, 0.717) is 22.2 Å². The third-order valence-corrected chi connectivity index (χ3v) is 5.98. The van der Waals surface area contributed by atoms with Crippen molar-refractivity contribution >= 4 is 28.2 Å². The van der Waals surface area contributed by atoms with Crippen LogP contribution in [0.2, 0.25) is 0 Å². The van der Waals surface area contributed by atoms with Gasteiger partial charge in [-0.3, -0.25) is 4.79 Å². The van der Waals surface area contributed by atoms with Crippen LogP contribution in [0.25, 0.3) is 11.1 Å². The molecule has 2 aromatic carbocycles. The molecule has 0 saturated heterocycles. The largest absolute Gasteiger partial charge is 0.484 e. The number of carbonyl (C=O) groups excluding carboxylic acids is 2. The third-order valence-electron chi connectivity index (χ3n) is 5.09. The van der Waals surface area contributed by atoms with Gasteiger partial charge in [0.25, 0.3) is 5.91 Å². The minimum absolute atomic E-state index is 0.147. The number of esters is 1. The first kappa shape index (κ1) is 23.5. The van der Waals surface area contributed by atoms with Crippen LogP contribution in [-0.4, -0.2) is 25.1 Å². The van der Waals surface area contributed by atoms with E-state index in [1.807, 2.05) is 41.8 Å². The van der Waals surface area contributed by atoms with Crippen LogP contribution in [0.5, 0.6) is 5.75 Å². The summed E-state index contributed by atoms with van der Waals surface area (Å²) in [7, 11) is 0. The Morgan fingerprint density at radius 3 is 2.47 bits per heavy atom. The van der Waals surface area contributed by atoms with Crippen LogP contribution in [0.4, 0.5) is 5.00 Å². The van der Waals surface area contributed by atoms with Crippen molar-refractivity contribution in [1.29, 1.82) is 0 Å². The van der Waals surface area contributed by atoms with Crippen molar-refractivity contribution in [2.24, 2.45) is 0 Å². The molecule has 3 aromatic rings. The van der Waals surface area contributed by atoms with Crippen LogP contribution in [0.1, 0.15) is 55.1 Å². The second-order valence-electron chi connectivity index (χ2n) is 7.69. The Balaban J connectivity index is 1.79. The van der Waals surface area contributed by atoms with Gasteiger partial charge in [-0.25, -0.2) is 4.79 Å². The first-order chi connectivity index (χ1) is 15.4. The van der Waals surface area contributed by atoms with E-state index in [2.05, 4.69) is 38.2 Å². The first-order valence-electron chi connectivity index (χ1n) is 10.8. The minimum atomic E-state index is -0.455.